The molecule has 0 saturated heterocycles. The van der Waals surface area contributed by atoms with Crippen molar-refractivity contribution in [3.63, 3.8) is 0 Å². The maximum Gasteiger partial charge on any atom is 0.225 e. The van der Waals surface area contributed by atoms with Crippen LogP contribution < -0.4 is 10.2 Å². The number of aryl methyl sites for hydroxylation is 1. The lowest BCUT2D eigenvalue weighted by Crippen LogP contribution is -2.31. The van der Waals surface area contributed by atoms with Gasteiger partial charge in [-0.15, -0.1) is 0 Å². The predicted octanol–water partition coefficient (Wildman–Crippen LogP) is 0.994. The van der Waals surface area contributed by atoms with Gasteiger partial charge in [0.25, 0.3) is 0 Å². The van der Waals surface area contributed by atoms with Crippen molar-refractivity contribution in [3.05, 3.63) is 17.5 Å². The van der Waals surface area contributed by atoms with Crippen LogP contribution in [-0.4, -0.2) is 57.5 Å². The number of hydrogen-bond acceptors (Lipinski definition) is 6. The predicted molar refractivity (Wildman–Crippen MR) is 80.1 cm³/mol. The van der Waals surface area contributed by atoms with E-state index in [2.05, 4.69) is 20.2 Å². The van der Waals surface area contributed by atoms with Gasteiger partial charge in [-0.25, -0.2) is 9.97 Å². The van der Waals surface area contributed by atoms with E-state index in [4.69, 9.17) is 9.47 Å². The van der Waals surface area contributed by atoms with E-state index >= 15 is 0 Å². The lowest BCUT2D eigenvalue weighted by Gasteiger charge is -2.22. The van der Waals surface area contributed by atoms with Crippen molar-refractivity contribution in [2.75, 3.05) is 52.5 Å². The molecule has 1 aromatic rings. The third-order valence-electron chi connectivity index (χ3n) is 3.06. The summed E-state index contributed by atoms with van der Waals surface area (Å²) >= 11 is 0. The highest BCUT2D eigenvalue weighted by Gasteiger charge is 2.11. The molecule has 0 fully saturated rings. The van der Waals surface area contributed by atoms with Crippen molar-refractivity contribution in [1.82, 2.24) is 15.3 Å². The molecule has 1 heterocycles. The second-order valence-corrected chi connectivity index (χ2v) is 4.64. The summed E-state index contributed by atoms with van der Waals surface area (Å²) < 4.78 is 10.3. The fourth-order valence-corrected chi connectivity index (χ4v) is 1.91. The number of nitrogens with zero attached hydrogens (tertiary/aromatic N) is 3. The maximum atomic E-state index is 5.15. The molecule has 1 N–H and O–H groups in total. The third-order valence-corrected chi connectivity index (χ3v) is 3.06. The Balaban J connectivity index is 2.75. The normalized spacial score (nSPS) is 10.8. The highest BCUT2D eigenvalue weighted by atomic mass is 16.5. The molecule has 0 saturated carbocycles. The Bertz CT molecular complexity index is 387. The van der Waals surface area contributed by atoms with Crippen molar-refractivity contribution in [2.24, 2.45) is 0 Å². The van der Waals surface area contributed by atoms with E-state index in [0.29, 0.717) is 6.61 Å². The first-order valence-electron chi connectivity index (χ1n) is 6.92. The first-order valence-corrected chi connectivity index (χ1v) is 6.92. The van der Waals surface area contributed by atoms with Gasteiger partial charge in [-0.2, -0.15) is 0 Å². The molecule has 1 rings (SSSR count). The minimum atomic E-state index is 0.660. The average Bonchev–Trinajstić information content (AvgIpc) is 2.45. The van der Waals surface area contributed by atoms with Crippen LogP contribution in [0.25, 0.3) is 0 Å². The summed E-state index contributed by atoms with van der Waals surface area (Å²) in [6.07, 6.45) is 2.84. The molecule has 114 valence electrons. The van der Waals surface area contributed by atoms with Crippen molar-refractivity contribution >= 4 is 5.95 Å². The molecule has 0 aromatic carbocycles. The van der Waals surface area contributed by atoms with Crippen LogP contribution in [0.15, 0.2) is 6.20 Å². The molecule has 0 bridgehead atoms. The van der Waals surface area contributed by atoms with Gasteiger partial charge in [0, 0.05) is 57.9 Å². The molecule has 0 spiro atoms. The molecule has 1 aromatic heterocycles. The number of anilines is 1. The van der Waals surface area contributed by atoms with Crippen LogP contribution in [0.2, 0.25) is 0 Å². The molecular weight excluding hydrogens is 256 g/mol. The van der Waals surface area contributed by atoms with E-state index in [1.54, 1.807) is 14.2 Å². The minimum Gasteiger partial charge on any atom is -0.385 e. The Morgan fingerprint density at radius 3 is 2.55 bits per heavy atom. The molecule has 0 atom stereocenters. The van der Waals surface area contributed by atoms with Gasteiger partial charge in [-0.1, -0.05) is 0 Å². The second-order valence-electron chi connectivity index (χ2n) is 4.64. The van der Waals surface area contributed by atoms with Gasteiger partial charge in [0.15, 0.2) is 0 Å². The minimum absolute atomic E-state index is 0.660. The fraction of sp³-hybridized carbons (Fsp3) is 0.714. The summed E-state index contributed by atoms with van der Waals surface area (Å²) in [5.74, 6) is 0.760. The zero-order valence-corrected chi connectivity index (χ0v) is 13.0. The Kier molecular flexibility index (Phi) is 8.10. The van der Waals surface area contributed by atoms with Crippen molar-refractivity contribution in [1.29, 1.82) is 0 Å². The molecule has 0 amide bonds. The first kappa shape index (κ1) is 16.8. The van der Waals surface area contributed by atoms with Crippen LogP contribution in [0.1, 0.15) is 17.7 Å². The van der Waals surface area contributed by atoms with Gasteiger partial charge in [-0.3, -0.25) is 0 Å². The molecule has 0 aliphatic carbocycles. The average molecular weight is 282 g/mol. The maximum absolute atomic E-state index is 5.15. The van der Waals surface area contributed by atoms with Gasteiger partial charge in [0.05, 0.1) is 6.61 Å². The van der Waals surface area contributed by atoms with Crippen molar-refractivity contribution in [3.8, 4) is 0 Å². The zero-order chi connectivity index (χ0) is 14.8. The van der Waals surface area contributed by atoms with E-state index in [0.717, 1.165) is 49.9 Å². The van der Waals surface area contributed by atoms with Crippen molar-refractivity contribution < 1.29 is 9.47 Å². The first-order chi connectivity index (χ1) is 9.72. The highest BCUT2D eigenvalue weighted by molar-refractivity contribution is 5.32. The monoisotopic (exact) mass is 282 g/mol. The van der Waals surface area contributed by atoms with E-state index in [1.807, 2.05) is 20.2 Å². The quantitative estimate of drug-likeness (QED) is 0.646. The van der Waals surface area contributed by atoms with Crippen LogP contribution in [0.4, 0.5) is 5.95 Å². The number of nitrogens with one attached hydrogen (secondary N) is 1. The third kappa shape index (κ3) is 5.40. The molecule has 0 radical (unpaired) electrons. The van der Waals surface area contributed by atoms with Crippen molar-refractivity contribution in [2.45, 2.75) is 19.9 Å². The summed E-state index contributed by atoms with van der Waals surface area (Å²) in [4.78, 5) is 11.2. The Morgan fingerprint density at radius 2 is 1.95 bits per heavy atom. The molecule has 6 heteroatoms. The number of rotatable bonds is 10. The summed E-state index contributed by atoms with van der Waals surface area (Å²) in [7, 11) is 5.34. The fourth-order valence-electron chi connectivity index (χ4n) is 1.91. The summed E-state index contributed by atoms with van der Waals surface area (Å²) in [5, 5.41) is 3.12. The molecule has 6 nitrogen and oxygen atoms in total. The van der Waals surface area contributed by atoms with Gasteiger partial charge in [0.2, 0.25) is 5.95 Å². The summed E-state index contributed by atoms with van der Waals surface area (Å²) in [6, 6.07) is 0. The zero-order valence-electron chi connectivity index (χ0n) is 13.0. The molecule has 0 aliphatic rings. The molecule has 0 unspecified atom stereocenters. The number of aromatic nitrogens is 2. The molecular formula is C14H26N4O2. The Morgan fingerprint density at radius 1 is 1.20 bits per heavy atom. The van der Waals surface area contributed by atoms with Crippen LogP contribution in [0.3, 0.4) is 0 Å². The highest BCUT2D eigenvalue weighted by Crippen LogP contribution is 2.11. The topological polar surface area (TPSA) is 59.5 Å². The lowest BCUT2D eigenvalue weighted by molar-refractivity contribution is 0.190. The number of ether oxygens (including phenoxy) is 2. The Hall–Kier alpha value is -1.24. The Labute approximate surface area is 121 Å². The standard InChI is InChI=1S/C14H26N4O2/c1-12-13(10-15-2)11-16-14(17-12)18(7-9-20-4)6-5-8-19-3/h11,15H,5-10H2,1-4H3. The van der Waals surface area contributed by atoms with Crippen LogP contribution >= 0.6 is 0 Å². The SMILES string of the molecule is CNCc1cnc(N(CCCOC)CCOC)nc1C. The molecule has 20 heavy (non-hydrogen) atoms. The van der Waals surface area contributed by atoms with E-state index in [9.17, 15) is 0 Å². The van der Waals surface area contributed by atoms with Crippen LogP contribution in [0.5, 0.6) is 0 Å². The van der Waals surface area contributed by atoms with Gasteiger partial charge < -0.3 is 19.7 Å². The summed E-state index contributed by atoms with van der Waals surface area (Å²) in [6.45, 7) is 5.84. The second kappa shape index (κ2) is 9.63. The van der Waals surface area contributed by atoms with E-state index in [-0.39, 0.29) is 0 Å². The summed E-state index contributed by atoms with van der Waals surface area (Å²) in [5.41, 5.74) is 2.14. The van der Waals surface area contributed by atoms with Crippen LogP contribution in [0, 0.1) is 6.92 Å². The molecule has 0 aliphatic heterocycles. The van der Waals surface area contributed by atoms with E-state index < -0.39 is 0 Å². The van der Waals surface area contributed by atoms with Crippen LogP contribution in [-0.2, 0) is 16.0 Å². The number of hydrogen-bond donors (Lipinski definition) is 1. The van der Waals surface area contributed by atoms with Gasteiger partial charge in [-0.05, 0) is 20.4 Å². The number of methoxy groups -OCH3 is 2. The van der Waals surface area contributed by atoms with Gasteiger partial charge >= 0.3 is 0 Å². The lowest BCUT2D eigenvalue weighted by atomic mass is 10.2. The largest absolute Gasteiger partial charge is 0.385 e. The van der Waals surface area contributed by atoms with E-state index in [1.165, 1.54) is 0 Å². The van der Waals surface area contributed by atoms with Gasteiger partial charge in [0.1, 0.15) is 0 Å². The smallest absolute Gasteiger partial charge is 0.225 e.